The predicted octanol–water partition coefficient (Wildman–Crippen LogP) is 2.90. The fraction of sp³-hybridized carbons (Fsp3) is 0.571. The molecule has 2 rings (SSSR count). The van der Waals surface area contributed by atoms with Crippen molar-refractivity contribution >= 4 is 12.6 Å². The molecule has 0 aromatic heterocycles. The first kappa shape index (κ1) is 12.8. The first-order chi connectivity index (χ1) is 8.13. The summed E-state index contributed by atoms with van der Waals surface area (Å²) in [6.07, 6.45) is 1.04. The van der Waals surface area contributed by atoms with Crippen molar-refractivity contribution in [1.29, 1.82) is 0 Å². The second kappa shape index (κ2) is 4.91. The van der Waals surface area contributed by atoms with Crippen LogP contribution >= 0.6 is 12.6 Å². The van der Waals surface area contributed by atoms with Crippen LogP contribution in [0.25, 0.3) is 0 Å². The molecule has 1 fully saturated rings. The summed E-state index contributed by atoms with van der Waals surface area (Å²) in [7, 11) is 1.74. The molecule has 2 nitrogen and oxygen atoms in total. The molecule has 1 aliphatic heterocycles. The summed E-state index contributed by atoms with van der Waals surface area (Å²) in [6, 6.07) is 4.38. The third kappa shape index (κ3) is 2.18. The number of aryl methyl sites for hydroxylation is 2. The third-order valence-corrected chi connectivity index (χ3v) is 3.96. The van der Waals surface area contributed by atoms with Crippen molar-refractivity contribution in [2.24, 2.45) is 0 Å². The first-order valence-electron chi connectivity index (χ1n) is 5.97. The molecule has 3 heteroatoms. The van der Waals surface area contributed by atoms with Gasteiger partial charge in [-0.15, -0.1) is 0 Å². The molecule has 0 aliphatic carbocycles. The van der Waals surface area contributed by atoms with Gasteiger partial charge in [0.25, 0.3) is 0 Å². The SMILES string of the molecule is COc1cc(C)c(C)cc1C1(CCS)COC1. The molecule has 0 atom stereocenters. The van der Waals surface area contributed by atoms with Crippen molar-refractivity contribution in [3.8, 4) is 5.75 Å². The van der Waals surface area contributed by atoms with Crippen LogP contribution in [0.5, 0.6) is 5.75 Å². The number of benzene rings is 1. The van der Waals surface area contributed by atoms with E-state index in [1.54, 1.807) is 7.11 Å². The zero-order valence-corrected chi connectivity index (χ0v) is 11.6. The fourth-order valence-corrected chi connectivity index (χ4v) is 2.80. The van der Waals surface area contributed by atoms with Crippen LogP contribution in [0.2, 0.25) is 0 Å². The molecule has 0 radical (unpaired) electrons. The molecule has 0 unspecified atom stereocenters. The van der Waals surface area contributed by atoms with Crippen LogP contribution < -0.4 is 4.74 Å². The third-order valence-electron chi connectivity index (χ3n) is 3.73. The van der Waals surface area contributed by atoms with Crippen molar-refractivity contribution in [2.75, 3.05) is 26.1 Å². The van der Waals surface area contributed by atoms with Gasteiger partial charge in [-0.05, 0) is 43.2 Å². The second-order valence-corrected chi connectivity index (χ2v) is 5.33. The number of thiol groups is 1. The van der Waals surface area contributed by atoms with Gasteiger partial charge < -0.3 is 9.47 Å². The molecule has 0 N–H and O–H groups in total. The van der Waals surface area contributed by atoms with E-state index in [2.05, 4.69) is 38.6 Å². The predicted molar refractivity (Wildman–Crippen MR) is 73.4 cm³/mol. The average molecular weight is 252 g/mol. The fourth-order valence-electron chi connectivity index (χ4n) is 2.37. The van der Waals surface area contributed by atoms with Crippen LogP contribution in [-0.4, -0.2) is 26.1 Å². The van der Waals surface area contributed by atoms with Crippen molar-refractivity contribution in [2.45, 2.75) is 25.7 Å². The van der Waals surface area contributed by atoms with Gasteiger partial charge in [-0.1, -0.05) is 6.07 Å². The Morgan fingerprint density at radius 3 is 2.41 bits per heavy atom. The summed E-state index contributed by atoms with van der Waals surface area (Å²) in [6.45, 7) is 5.83. The highest BCUT2D eigenvalue weighted by molar-refractivity contribution is 7.80. The normalized spacial score (nSPS) is 17.6. The molecular formula is C14H20O2S. The van der Waals surface area contributed by atoms with Crippen LogP contribution in [-0.2, 0) is 10.2 Å². The zero-order valence-electron chi connectivity index (χ0n) is 10.7. The van der Waals surface area contributed by atoms with Crippen molar-refractivity contribution < 1.29 is 9.47 Å². The lowest BCUT2D eigenvalue weighted by Gasteiger charge is -2.42. The molecule has 0 spiro atoms. The maximum Gasteiger partial charge on any atom is 0.123 e. The minimum absolute atomic E-state index is 0.117. The topological polar surface area (TPSA) is 18.5 Å². The summed E-state index contributed by atoms with van der Waals surface area (Å²) < 4.78 is 11.0. The molecule has 1 aromatic carbocycles. The van der Waals surface area contributed by atoms with Gasteiger partial charge in [0.1, 0.15) is 5.75 Å². The molecule has 1 aromatic rings. The minimum Gasteiger partial charge on any atom is -0.496 e. The first-order valence-corrected chi connectivity index (χ1v) is 6.60. The van der Waals surface area contributed by atoms with Crippen LogP contribution in [0, 0.1) is 13.8 Å². The summed E-state index contributed by atoms with van der Waals surface area (Å²) >= 11 is 4.37. The quantitative estimate of drug-likeness (QED) is 0.831. The monoisotopic (exact) mass is 252 g/mol. The van der Waals surface area contributed by atoms with E-state index in [1.807, 2.05) is 0 Å². The Morgan fingerprint density at radius 2 is 1.94 bits per heavy atom. The van der Waals surface area contributed by atoms with Gasteiger partial charge in [0.15, 0.2) is 0 Å². The van der Waals surface area contributed by atoms with Crippen molar-refractivity contribution in [1.82, 2.24) is 0 Å². The number of hydrogen-bond acceptors (Lipinski definition) is 3. The zero-order chi connectivity index (χ0) is 12.5. The highest BCUT2D eigenvalue weighted by atomic mass is 32.1. The smallest absolute Gasteiger partial charge is 0.123 e. The summed E-state index contributed by atoms with van der Waals surface area (Å²) in [5.41, 5.74) is 3.98. The largest absolute Gasteiger partial charge is 0.496 e. The van der Waals surface area contributed by atoms with Gasteiger partial charge in [0, 0.05) is 11.0 Å². The molecule has 94 valence electrons. The summed E-state index contributed by atoms with van der Waals surface area (Å²) in [5.74, 6) is 1.86. The van der Waals surface area contributed by atoms with E-state index >= 15 is 0 Å². The molecule has 1 saturated heterocycles. The lowest BCUT2D eigenvalue weighted by Crippen LogP contribution is -2.47. The van der Waals surface area contributed by atoms with E-state index < -0.39 is 0 Å². The molecule has 0 bridgehead atoms. The molecular weight excluding hydrogens is 232 g/mol. The van der Waals surface area contributed by atoms with E-state index in [4.69, 9.17) is 9.47 Å². The standard InChI is InChI=1S/C14H20O2S/c1-10-6-12(13(15-3)7-11(10)2)14(4-5-17)8-16-9-14/h6-7,17H,4-5,8-9H2,1-3H3. The van der Waals surface area contributed by atoms with Gasteiger partial charge >= 0.3 is 0 Å². The van der Waals surface area contributed by atoms with Gasteiger partial charge in [0.2, 0.25) is 0 Å². The highest BCUT2D eigenvalue weighted by Gasteiger charge is 2.41. The Labute approximate surface area is 109 Å². The molecule has 0 amide bonds. The van der Waals surface area contributed by atoms with Gasteiger partial charge in [-0.2, -0.15) is 12.6 Å². The molecule has 17 heavy (non-hydrogen) atoms. The Hall–Kier alpha value is -0.670. The van der Waals surface area contributed by atoms with Crippen molar-refractivity contribution in [3.63, 3.8) is 0 Å². The van der Waals surface area contributed by atoms with Gasteiger partial charge in [-0.25, -0.2) is 0 Å². The van der Waals surface area contributed by atoms with E-state index in [-0.39, 0.29) is 5.41 Å². The number of rotatable bonds is 4. The van der Waals surface area contributed by atoms with E-state index in [9.17, 15) is 0 Å². The van der Waals surface area contributed by atoms with Crippen LogP contribution in [0.1, 0.15) is 23.1 Å². The van der Waals surface area contributed by atoms with Gasteiger partial charge in [0.05, 0.1) is 20.3 Å². The van der Waals surface area contributed by atoms with E-state index in [1.165, 1.54) is 16.7 Å². The summed E-state index contributed by atoms with van der Waals surface area (Å²) in [4.78, 5) is 0. The second-order valence-electron chi connectivity index (χ2n) is 4.88. The van der Waals surface area contributed by atoms with Crippen LogP contribution in [0.3, 0.4) is 0 Å². The molecule has 1 heterocycles. The maximum absolute atomic E-state index is 5.53. The number of methoxy groups -OCH3 is 1. The Balaban J connectivity index is 2.45. The molecule has 0 saturated carbocycles. The Kier molecular flexibility index (Phi) is 3.69. The lowest BCUT2D eigenvalue weighted by molar-refractivity contribution is -0.0623. The minimum atomic E-state index is 0.117. The van der Waals surface area contributed by atoms with E-state index in [0.717, 1.165) is 31.1 Å². The maximum atomic E-state index is 5.53. The van der Waals surface area contributed by atoms with Crippen molar-refractivity contribution in [3.05, 3.63) is 28.8 Å². The van der Waals surface area contributed by atoms with Crippen LogP contribution in [0.15, 0.2) is 12.1 Å². The lowest BCUT2D eigenvalue weighted by atomic mass is 9.75. The highest BCUT2D eigenvalue weighted by Crippen LogP contribution is 2.41. The Morgan fingerprint density at radius 1 is 1.29 bits per heavy atom. The number of ether oxygens (including phenoxy) is 2. The average Bonchev–Trinajstić information content (AvgIpc) is 2.27. The molecule has 1 aliphatic rings. The summed E-state index contributed by atoms with van der Waals surface area (Å²) in [5, 5.41) is 0. The van der Waals surface area contributed by atoms with Crippen LogP contribution in [0.4, 0.5) is 0 Å². The number of hydrogen-bond donors (Lipinski definition) is 1. The Bertz CT molecular complexity index is 411. The van der Waals surface area contributed by atoms with Gasteiger partial charge in [-0.3, -0.25) is 0 Å². The van der Waals surface area contributed by atoms with E-state index in [0.29, 0.717) is 0 Å².